The highest BCUT2D eigenvalue weighted by atomic mass is 16.7. The number of para-hydroxylation sites is 1. The molecule has 1 heterocycles. The van der Waals surface area contributed by atoms with Gasteiger partial charge in [-0.3, -0.25) is 10.1 Å². The van der Waals surface area contributed by atoms with E-state index in [0.29, 0.717) is 5.56 Å². The van der Waals surface area contributed by atoms with Gasteiger partial charge in [0.1, 0.15) is 30.2 Å². The van der Waals surface area contributed by atoms with Gasteiger partial charge in [-0.05, 0) is 17.7 Å². The van der Waals surface area contributed by atoms with Gasteiger partial charge in [-0.2, -0.15) is 0 Å². The molecule has 0 unspecified atom stereocenters. The van der Waals surface area contributed by atoms with Crippen LogP contribution in [-0.4, -0.2) is 75.7 Å². The van der Waals surface area contributed by atoms with Crippen LogP contribution in [-0.2, 0) is 9.47 Å². The summed E-state index contributed by atoms with van der Waals surface area (Å²) in [5.41, 5.74) is 0.193. The highest BCUT2D eigenvalue weighted by Gasteiger charge is 2.44. The van der Waals surface area contributed by atoms with Crippen molar-refractivity contribution in [2.24, 2.45) is 0 Å². The van der Waals surface area contributed by atoms with E-state index in [2.05, 4.69) is 4.74 Å². The summed E-state index contributed by atoms with van der Waals surface area (Å²) >= 11 is 0. The Kier molecular flexibility index (Phi) is 6.83. The number of nitro groups is 1. The first-order valence-electron chi connectivity index (χ1n) is 9.21. The number of nitrogens with zero attached hydrogens (tertiary/aromatic N) is 1. The molecule has 0 saturated carbocycles. The SMILES string of the molecule is COC(=O)c1cc(-c2ccccc2O[C@@H]2O[C@H](CO)[C@H](O)[C@H](O)[C@H]2O)cc([N+](=O)[O-])c1. The largest absolute Gasteiger partial charge is 0.465 e. The van der Waals surface area contributed by atoms with E-state index in [4.69, 9.17) is 9.47 Å². The molecule has 0 spiro atoms. The predicted molar refractivity (Wildman–Crippen MR) is 104 cm³/mol. The first kappa shape index (κ1) is 22.6. The van der Waals surface area contributed by atoms with Crippen LogP contribution in [0.2, 0.25) is 0 Å². The topological polar surface area (TPSA) is 169 Å². The molecule has 11 heteroatoms. The van der Waals surface area contributed by atoms with Crippen LogP contribution in [0, 0.1) is 10.1 Å². The number of non-ortho nitro benzene ring substituents is 1. The van der Waals surface area contributed by atoms with E-state index >= 15 is 0 Å². The van der Waals surface area contributed by atoms with E-state index < -0.39 is 48.2 Å². The van der Waals surface area contributed by atoms with Crippen molar-refractivity contribution in [1.82, 2.24) is 0 Å². The fraction of sp³-hybridized carbons (Fsp3) is 0.350. The Labute approximate surface area is 176 Å². The zero-order chi connectivity index (χ0) is 22.7. The lowest BCUT2D eigenvalue weighted by atomic mass is 9.99. The maximum Gasteiger partial charge on any atom is 0.338 e. The zero-order valence-corrected chi connectivity index (χ0v) is 16.3. The number of methoxy groups -OCH3 is 1. The van der Waals surface area contributed by atoms with E-state index in [-0.39, 0.29) is 22.6 Å². The molecular weight excluding hydrogens is 414 g/mol. The average Bonchev–Trinajstić information content (AvgIpc) is 2.78. The summed E-state index contributed by atoms with van der Waals surface area (Å²) in [6.07, 6.45) is -7.43. The third-order valence-electron chi connectivity index (χ3n) is 4.84. The summed E-state index contributed by atoms with van der Waals surface area (Å²) in [6.45, 7) is -0.625. The van der Waals surface area contributed by atoms with Crippen molar-refractivity contribution < 1.29 is 44.4 Å². The van der Waals surface area contributed by atoms with Crippen LogP contribution < -0.4 is 4.74 Å². The molecule has 166 valence electrons. The highest BCUT2D eigenvalue weighted by molar-refractivity contribution is 5.92. The first-order chi connectivity index (χ1) is 14.8. The van der Waals surface area contributed by atoms with Gasteiger partial charge in [-0.25, -0.2) is 4.79 Å². The second kappa shape index (κ2) is 9.37. The van der Waals surface area contributed by atoms with Crippen molar-refractivity contribution in [3.05, 3.63) is 58.1 Å². The molecule has 1 saturated heterocycles. The van der Waals surface area contributed by atoms with Crippen LogP contribution >= 0.6 is 0 Å². The van der Waals surface area contributed by atoms with Crippen molar-refractivity contribution in [3.8, 4) is 16.9 Å². The monoisotopic (exact) mass is 435 g/mol. The average molecular weight is 435 g/mol. The fourth-order valence-corrected chi connectivity index (χ4v) is 3.21. The van der Waals surface area contributed by atoms with E-state index in [1.807, 2.05) is 0 Å². The van der Waals surface area contributed by atoms with Crippen LogP contribution in [0.1, 0.15) is 10.4 Å². The third kappa shape index (κ3) is 4.65. The van der Waals surface area contributed by atoms with Crippen LogP contribution in [0.15, 0.2) is 42.5 Å². The number of ether oxygens (including phenoxy) is 3. The second-order valence-electron chi connectivity index (χ2n) is 6.83. The number of nitro benzene ring substituents is 1. The van der Waals surface area contributed by atoms with Gasteiger partial charge in [-0.15, -0.1) is 0 Å². The number of benzene rings is 2. The molecule has 3 rings (SSSR count). The molecule has 4 N–H and O–H groups in total. The van der Waals surface area contributed by atoms with Gasteiger partial charge in [-0.1, -0.05) is 18.2 Å². The summed E-state index contributed by atoms with van der Waals surface area (Å²) in [4.78, 5) is 22.6. The summed E-state index contributed by atoms with van der Waals surface area (Å²) in [6, 6.07) is 9.99. The van der Waals surface area contributed by atoms with Crippen molar-refractivity contribution in [2.75, 3.05) is 13.7 Å². The minimum absolute atomic E-state index is 0.0469. The molecule has 0 aliphatic carbocycles. The van der Waals surface area contributed by atoms with Gasteiger partial charge in [0.15, 0.2) is 0 Å². The molecule has 0 bridgehead atoms. The van der Waals surface area contributed by atoms with Gasteiger partial charge in [0.25, 0.3) is 5.69 Å². The standard InChI is InChI=1S/C20H21NO10/c1-29-19(26)11-6-10(7-12(8-11)21(27)28)13-4-2-3-5-14(13)30-20-18(25)17(24)16(23)15(9-22)31-20/h2-8,15-18,20,22-25H,9H2,1H3/t15-,16+,17+,18-,20-/m1/s1. The van der Waals surface area contributed by atoms with Gasteiger partial charge in [0, 0.05) is 17.7 Å². The van der Waals surface area contributed by atoms with Gasteiger partial charge < -0.3 is 34.6 Å². The summed E-state index contributed by atoms with van der Waals surface area (Å²) in [7, 11) is 1.15. The van der Waals surface area contributed by atoms with Crippen LogP contribution in [0.5, 0.6) is 5.75 Å². The molecule has 11 nitrogen and oxygen atoms in total. The molecule has 2 aromatic carbocycles. The summed E-state index contributed by atoms with van der Waals surface area (Å²) in [5, 5.41) is 50.7. The maximum absolute atomic E-state index is 11.9. The normalized spacial score (nSPS) is 25.6. The van der Waals surface area contributed by atoms with E-state index in [0.717, 1.165) is 13.2 Å². The predicted octanol–water partition coefficient (Wildman–Crippen LogP) is 0.227. The molecule has 31 heavy (non-hydrogen) atoms. The van der Waals surface area contributed by atoms with Crippen molar-refractivity contribution in [1.29, 1.82) is 0 Å². The van der Waals surface area contributed by atoms with Gasteiger partial charge in [0.2, 0.25) is 6.29 Å². The van der Waals surface area contributed by atoms with E-state index in [1.165, 1.54) is 18.2 Å². The Morgan fingerprint density at radius 3 is 2.48 bits per heavy atom. The summed E-state index contributed by atoms with van der Waals surface area (Å²) in [5.74, 6) is -0.652. The molecule has 0 aromatic heterocycles. The van der Waals surface area contributed by atoms with Gasteiger partial charge >= 0.3 is 5.97 Å². The van der Waals surface area contributed by atoms with Gasteiger partial charge in [0.05, 0.1) is 24.2 Å². The molecule has 1 aliphatic heterocycles. The smallest absolute Gasteiger partial charge is 0.338 e. The summed E-state index contributed by atoms with van der Waals surface area (Å²) < 4.78 is 15.7. The number of esters is 1. The lowest BCUT2D eigenvalue weighted by Crippen LogP contribution is -2.60. The number of carbonyl (C=O) groups is 1. The quantitative estimate of drug-likeness (QED) is 0.280. The Morgan fingerprint density at radius 2 is 1.84 bits per heavy atom. The van der Waals surface area contributed by atoms with Crippen molar-refractivity contribution >= 4 is 11.7 Å². The Hall–Kier alpha value is -3.09. The molecule has 5 atom stereocenters. The fourth-order valence-electron chi connectivity index (χ4n) is 3.21. The first-order valence-corrected chi connectivity index (χ1v) is 9.21. The molecule has 1 fully saturated rings. The number of carbonyl (C=O) groups excluding carboxylic acids is 1. The lowest BCUT2D eigenvalue weighted by Gasteiger charge is -2.39. The Morgan fingerprint density at radius 1 is 1.13 bits per heavy atom. The number of aliphatic hydroxyl groups excluding tert-OH is 4. The van der Waals surface area contributed by atoms with E-state index in [1.54, 1.807) is 18.2 Å². The second-order valence-corrected chi connectivity index (χ2v) is 6.83. The minimum atomic E-state index is -1.64. The van der Waals surface area contributed by atoms with Crippen LogP contribution in [0.3, 0.4) is 0 Å². The zero-order valence-electron chi connectivity index (χ0n) is 16.3. The minimum Gasteiger partial charge on any atom is -0.465 e. The molecule has 0 radical (unpaired) electrons. The Bertz CT molecular complexity index is 963. The third-order valence-corrected chi connectivity index (χ3v) is 4.84. The molecular formula is C20H21NO10. The molecule has 1 aliphatic rings. The van der Waals surface area contributed by atoms with Crippen molar-refractivity contribution in [2.45, 2.75) is 30.7 Å². The number of hydrogen-bond acceptors (Lipinski definition) is 10. The Balaban J connectivity index is 2.00. The number of rotatable bonds is 6. The van der Waals surface area contributed by atoms with Crippen molar-refractivity contribution in [3.63, 3.8) is 0 Å². The van der Waals surface area contributed by atoms with Crippen LogP contribution in [0.4, 0.5) is 5.69 Å². The van der Waals surface area contributed by atoms with E-state index in [9.17, 15) is 35.3 Å². The number of hydrogen-bond donors (Lipinski definition) is 4. The molecule has 2 aromatic rings. The van der Waals surface area contributed by atoms with Crippen LogP contribution in [0.25, 0.3) is 11.1 Å². The maximum atomic E-state index is 11.9. The number of aliphatic hydroxyl groups is 4. The highest BCUT2D eigenvalue weighted by Crippen LogP contribution is 2.35. The lowest BCUT2D eigenvalue weighted by molar-refractivity contribution is -0.384. The molecule has 0 amide bonds.